The molecule has 180 valence electrons. The molecular formula is C28H32ClNO4. The van der Waals surface area contributed by atoms with Crippen LogP contribution < -0.4 is 10.1 Å². The molecule has 0 aromatic heterocycles. The van der Waals surface area contributed by atoms with Gasteiger partial charge in [0.05, 0.1) is 17.7 Å². The second-order valence-corrected chi connectivity index (χ2v) is 11.0. The molecule has 0 radical (unpaired) electrons. The third kappa shape index (κ3) is 4.68. The molecule has 2 aromatic rings. The van der Waals surface area contributed by atoms with Gasteiger partial charge < -0.3 is 14.8 Å². The van der Waals surface area contributed by atoms with Crippen molar-refractivity contribution in [2.75, 3.05) is 13.7 Å². The van der Waals surface area contributed by atoms with Gasteiger partial charge >= 0.3 is 5.97 Å². The minimum absolute atomic E-state index is 0.102. The minimum atomic E-state index is -0.685. The van der Waals surface area contributed by atoms with E-state index in [-0.39, 0.29) is 11.3 Å². The quantitative estimate of drug-likeness (QED) is 0.500. The van der Waals surface area contributed by atoms with Gasteiger partial charge in [0.25, 0.3) is 5.91 Å². The van der Waals surface area contributed by atoms with Crippen molar-refractivity contribution >= 4 is 23.5 Å². The van der Waals surface area contributed by atoms with Gasteiger partial charge in [0.15, 0.2) is 6.10 Å². The molecule has 4 fully saturated rings. The van der Waals surface area contributed by atoms with E-state index in [1.54, 1.807) is 25.1 Å². The van der Waals surface area contributed by atoms with Gasteiger partial charge in [-0.15, -0.1) is 0 Å². The third-order valence-electron chi connectivity index (χ3n) is 8.03. The normalized spacial score (nSPS) is 27.8. The van der Waals surface area contributed by atoms with Crippen molar-refractivity contribution in [3.8, 4) is 16.9 Å². The third-order valence-corrected chi connectivity index (χ3v) is 8.36. The van der Waals surface area contributed by atoms with Crippen LogP contribution in [0.3, 0.4) is 0 Å². The van der Waals surface area contributed by atoms with E-state index in [4.69, 9.17) is 21.1 Å². The molecular weight excluding hydrogens is 450 g/mol. The molecule has 6 heteroatoms. The Labute approximate surface area is 206 Å². The monoisotopic (exact) mass is 481 g/mol. The lowest BCUT2D eigenvalue weighted by molar-refractivity contribution is -0.147. The Morgan fingerprint density at radius 3 is 2.18 bits per heavy atom. The summed E-state index contributed by atoms with van der Waals surface area (Å²) in [6.07, 6.45) is 7.28. The van der Waals surface area contributed by atoms with Crippen molar-refractivity contribution in [2.45, 2.75) is 51.6 Å². The van der Waals surface area contributed by atoms with Crippen LogP contribution in [-0.2, 0) is 9.53 Å². The maximum absolute atomic E-state index is 13.2. The number of ether oxygens (including phenoxy) is 2. The van der Waals surface area contributed by atoms with Crippen LogP contribution in [0.4, 0.5) is 0 Å². The highest BCUT2D eigenvalue weighted by atomic mass is 35.5. The lowest BCUT2D eigenvalue weighted by Gasteiger charge is -2.56. The van der Waals surface area contributed by atoms with Gasteiger partial charge in [0.1, 0.15) is 5.75 Å². The number of esters is 1. The van der Waals surface area contributed by atoms with Crippen molar-refractivity contribution in [3.63, 3.8) is 0 Å². The zero-order valence-corrected chi connectivity index (χ0v) is 20.6. The molecule has 4 aliphatic rings. The van der Waals surface area contributed by atoms with Gasteiger partial charge in [-0.05, 0) is 104 Å². The molecule has 2 aromatic carbocycles. The Hall–Kier alpha value is -2.53. The molecule has 4 bridgehead atoms. The number of hydrogen-bond donors (Lipinski definition) is 1. The van der Waals surface area contributed by atoms with Crippen LogP contribution in [0.2, 0.25) is 5.02 Å². The van der Waals surface area contributed by atoms with E-state index in [9.17, 15) is 9.59 Å². The van der Waals surface area contributed by atoms with Crippen molar-refractivity contribution in [3.05, 3.63) is 53.1 Å². The number of carbonyl (C=O) groups is 2. The molecule has 0 aliphatic heterocycles. The van der Waals surface area contributed by atoms with Crippen LogP contribution in [0.25, 0.3) is 11.1 Å². The topological polar surface area (TPSA) is 64.6 Å². The first-order chi connectivity index (χ1) is 16.3. The van der Waals surface area contributed by atoms with Gasteiger partial charge in [-0.2, -0.15) is 0 Å². The van der Waals surface area contributed by atoms with Crippen LogP contribution in [-0.4, -0.2) is 31.6 Å². The summed E-state index contributed by atoms with van der Waals surface area (Å²) in [5, 5.41) is 3.69. The summed E-state index contributed by atoms with van der Waals surface area (Å²) in [5.74, 6) is 2.62. The maximum Gasteiger partial charge on any atom is 0.346 e. The van der Waals surface area contributed by atoms with Crippen molar-refractivity contribution in [1.29, 1.82) is 0 Å². The SMILES string of the molecule is COC(=O)[C@H](C)Oc1ccc(-c2ccc(Cl)c(C(=O)NCC34CC5CC(CC(C5)C3)C4)c2)cc1. The Morgan fingerprint density at radius 1 is 1.00 bits per heavy atom. The summed E-state index contributed by atoms with van der Waals surface area (Å²) in [6, 6.07) is 12.9. The summed E-state index contributed by atoms with van der Waals surface area (Å²) >= 11 is 6.43. The maximum atomic E-state index is 13.2. The first kappa shape index (κ1) is 23.2. The van der Waals surface area contributed by atoms with Crippen LogP contribution >= 0.6 is 11.6 Å². The van der Waals surface area contributed by atoms with E-state index in [1.807, 2.05) is 24.3 Å². The second kappa shape index (κ2) is 9.26. The smallest absolute Gasteiger partial charge is 0.346 e. The molecule has 1 atom stereocenters. The summed E-state index contributed by atoms with van der Waals surface area (Å²) in [5.41, 5.74) is 2.62. The Balaban J connectivity index is 1.26. The summed E-state index contributed by atoms with van der Waals surface area (Å²) in [7, 11) is 1.34. The average molecular weight is 482 g/mol. The molecule has 4 aliphatic carbocycles. The fourth-order valence-corrected chi connectivity index (χ4v) is 7.10. The van der Waals surface area contributed by atoms with Crippen molar-refractivity contribution in [1.82, 2.24) is 5.32 Å². The number of amides is 1. The predicted octanol–water partition coefficient (Wildman–Crippen LogP) is 5.89. The van der Waals surface area contributed by atoms with Crippen LogP contribution in [0.15, 0.2) is 42.5 Å². The standard InChI is InChI=1S/C28H32ClNO4/c1-17(27(32)33-2)34-23-6-3-21(4-7-23)22-5-8-25(29)24(12-22)26(31)30-16-28-13-18-9-19(14-28)11-20(10-18)15-28/h3-8,12,17-20H,9-11,13-16H2,1-2H3,(H,30,31)/t17-,18?,19?,20?,28?/m0/s1. The lowest BCUT2D eigenvalue weighted by atomic mass is 9.49. The molecule has 4 saturated carbocycles. The zero-order chi connectivity index (χ0) is 23.9. The fraction of sp³-hybridized carbons (Fsp3) is 0.500. The molecule has 0 saturated heterocycles. The second-order valence-electron chi connectivity index (χ2n) is 10.6. The van der Waals surface area contributed by atoms with E-state index in [0.29, 0.717) is 16.3 Å². The molecule has 1 N–H and O–H groups in total. The van der Waals surface area contributed by atoms with E-state index < -0.39 is 12.1 Å². The Bertz CT molecular complexity index is 1050. The number of hydrogen-bond acceptors (Lipinski definition) is 4. The van der Waals surface area contributed by atoms with Gasteiger partial charge in [-0.3, -0.25) is 4.79 Å². The predicted molar refractivity (Wildman–Crippen MR) is 132 cm³/mol. The first-order valence-electron chi connectivity index (χ1n) is 12.3. The van der Waals surface area contributed by atoms with Crippen LogP contribution in [0.5, 0.6) is 5.75 Å². The molecule has 5 nitrogen and oxygen atoms in total. The summed E-state index contributed by atoms with van der Waals surface area (Å²) in [4.78, 5) is 24.7. The Kier molecular flexibility index (Phi) is 6.32. The van der Waals surface area contributed by atoms with Crippen molar-refractivity contribution in [2.24, 2.45) is 23.2 Å². The van der Waals surface area contributed by atoms with E-state index in [1.165, 1.54) is 45.6 Å². The first-order valence-corrected chi connectivity index (χ1v) is 12.6. The van der Waals surface area contributed by atoms with Crippen LogP contribution in [0.1, 0.15) is 55.8 Å². The largest absolute Gasteiger partial charge is 0.479 e. The number of rotatable bonds is 7. The molecule has 0 heterocycles. The minimum Gasteiger partial charge on any atom is -0.479 e. The number of carbonyl (C=O) groups excluding carboxylic acids is 2. The lowest BCUT2D eigenvalue weighted by Crippen LogP contribution is -2.51. The highest BCUT2D eigenvalue weighted by Gasteiger charge is 2.50. The highest BCUT2D eigenvalue weighted by Crippen LogP contribution is 2.59. The summed E-state index contributed by atoms with van der Waals surface area (Å²) < 4.78 is 10.3. The van der Waals surface area contributed by atoms with E-state index in [2.05, 4.69) is 5.32 Å². The summed E-state index contributed by atoms with van der Waals surface area (Å²) in [6.45, 7) is 2.40. The van der Waals surface area contributed by atoms with E-state index >= 15 is 0 Å². The van der Waals surface area contributed by atoms with Gasteiger partial charge in [-0.25, -0.2) is 4.79 Å². The van der Waals surface area contributed by atoms with Crippen molar-refractivity contribution < 1.29 is 19.1 Å². The number of methoxy groups -OCH3 is 1. The molecule has 0 unspecified atom stereocenters. The van der Waals surface area contributed by atoms with Gasteiger partial charge in [0, 0.05) is 6.54 Å². The van der Waals surface area contributed by atoms with Gasteiger partial charge in [0.2, 0.25) is 0 Å². The molecule has 1 amide bonds. The fourth-order valence-electron chi connectivity index (χ4n) is 6.89. The number of nitrogens with one attached hydrogen (secondary N) is 1. The zero-order valence-electron chi connectivity index (χ0n) is 19.8. The average Bonchev–Trinajstić information content (AvgIpc) is 2.82. The number of halogens is 1. The van der Waals surface area contributed by atoms with Crippen LogP contribution in [0, 0.1) is 23.2 Å². The highest BCUT2D eigenvalue weighted by molar-refractivity contribution is 6.34. The molecule has 0 spiro atoms. The van der Waals surface area contributed by atoms with Gasteiger partial charge in [-0.1, -0.05) is 29.8 Å². The number of benzene rings is 2. The van der Waals surface area contributed by atoms with E-state index in [0.717, 1.165) is 35.4 Å². The Morgan fingerprint density at radius 2 is 1.59 bits per heavy atom. The molecule has 6 rings (SSSR count). The molecule has 34 heavy (non-hydrogen) atoms.